The molecule has 364 valence electrons. The van der Waals surface area contributed by atoms with Crippen LogP contribution < -0.4 is 15.1 Å². The van der Waals surface area contributed by atoms with E-state index in [0.29, 0.717) is 110 Å². The zero-order valence-corrected chi connectivity index (χ0v) is 40.3. The molecule has 72 heavy (non-hydrogen) atoms. The average Bonchev–Trinajstić information content (AvgIpc) is 4.21. The number of rotatable bonds is 14. The summed E-state index contributed by atoms with van der Waals surface area (Å²) in [6, 6.07) is 21.1. The van der Waals surface area contributed by atoms with Crippen molar-refractivity contribution >= 4 is 40.2 Å². The van der Waals surface area contributed by atoms with Gasteiger partial charge in [0.15, 0.2) is 0 Å². The Hall–Kier alpha value is -7.22. The quantitative estimate of drug-likeness (QED) is 0.118. The maximum atomic E-state index is 14.2. The van der Waals surface area contributed by atoms with Gasteiger partial charge in [0, 0.05) is 98.4 Å². The van der Waals surface area contributed by atoms with Crippen molar-refractivity contribution in [2.24, 2.45) is 35.5 Å². The average molecular weight is 960 g/mol. The van der Waals surface area contributed by atoms with E-state index in [1.54, 1.807) is 12.4 Å². The van der Waals surface area contributed by atoms with Crippen LogP contribution in [0.1, 0.15) is 104 Å². The molecule has 13 rings (SSSR count). The molecule has 2 amide bonds. The number of piperazine rings is 2. The molecular weight excluding hydrogens is 903 g/mol. The lowest BCUT2D eigenvalue weighted by Crippen LogP contribution is -2.57. The van der Waals surface area contributed by atoms with Crippen LogP contribution in [0.25, 0.3) is 33.2 Å². The largest absolute Gasteiger partial charge is 0.395 e. The van der Waals surface area contributed by atoms with Gasteiger partial charge in [-0.3, -0.25) is 9.59 Å². The van der Waals surface area contributed by atoms with E-state index in [1.165, 1.54) is 0 Å². The molecule has 0 spiro atoms. The van der Waals surface area contributed by atoms with E-state index in [4.69, 9.17) is 15.0 Å². The number of nitriles is 3. The van der Waals surface area contributed by atoms with Crippen molar-refractivity contribution in [3.63, 3.8) is 0 Å². The third-order valence-electron chi connectivity index (χ3n) is 16.9. The van der Waals surface area contributed by atoms with Gasteiger partial charge in [0.2, 0.25) is 17.8 Å². The molecule has 8 aliphatic rings. The number of hydrogen-bond acceptors (Lipinski definition) is 14. The molecule has 16 nitrogen and oxygen atoms in total. The zero-order valence-electron chi connectivity index (χ0n) is 40.3. The summed E-state index contributed by atoms with van der Waals surface area (Å²) in [6.45, 7) is 3.94. The van der Waals surface area contributed by atoms with E-state index in [2.05, 4.69) is 59.2 Å². The van der Waals surface area contributed by atoms with Crippen LogP contribution in [0.15, 0.2) is 54.9 Å². The van der Waals surface area contributed by atoms with Crippen molar-refractivity contribution in [1.82, 2.24) is 34.7 Å². The molecule has 6 atom stereocenters. The van der Waals surface area contributed by atoms with Crippen LogP contribution >= 0.6 is 0 Å². The van der Waals surface area contributed by atoms with Crippen LogP contribution in [0, 0.1) is 69.5 Å². The summed E-state index contributed by atoms with van der Waals surface area (Å²) in [5.41, 5.74) is 6.58. The molecule has 8 fully saturated rings. The highest BCUT2D eigenvalue weighted by molar-refractivity contribution is 5.99. The summed E-state index contributed by atoms with van der Waals surface area (Å²) in [4.78, 5) is 60.9. The minimum absolute atomic E-state index is 0.0366. The second kappa shape index (κ2) is 17.8. The highest BCUT2D eigenvalue weighted by Gasteiger charge is 2.59. The van der Waals surface area contributed by atoms with E-state index in [0.717, 1.165) is 103 Å². The SMILES string of the molecule is N#Cc1cc(-c2ccnc(NCCO)n2)c(C2CC2)nc1N1CCN(C(=O)C2CC2)[C@H](C2CC2C2CC2c2nc(N3CCN(C(=O)C4CC4)[C@H](C4CC4)C3)c(C#N)cc2-c2cccc3c(C#N)nccc23)C1. The van der Waals surface area contributed by atoms with Gasteiger partial charge in [-0.05, 0) is 123 Å². The third kappa shape index (κ3) is 8.22. The van der Waals surface area contributed by atoms with Crippen LogP contribution in [0.2, 0.25) is 0 Å². The number of carbonyl (C=O) groups excluding carboxylic acids is 2. The van der Waals surface area contributed by atoms with Crippen molar-refractivity contribution in [3.8, 4) is 40.6 Å². The number of amides is 2. The molecule has 4 aromatic heterocycles. The molecule has 0 radical (unpaired) electrons. The van der Waals surface area contributed by atoms with Gasteiger partial charge in [-0.25, -0.2) is 24.9 Å². The number of nitrogens with zero attached hydrogens (tertiary/aromatic N) is 12. The molecule has 16 heteroatoms. The summed E-state index contributed by atoms with van der Waals surface area (Å²) in [7, 11) is 0. The lowest BCUT2D eigenvalue weighted by Gasteiger charge is -2.43. The lowest BCUT2D eigenvalue weighted by atomic mass is 9.93. The third-order valence-corrected chi connectivity index (χ3v) is 16.9. The Bertz CT molecular complexity index is 3160. The second-order valence-electron chi connectivity index (χ2n) is 21.7. The van der Waals surface area contributed by atoms with Crippen LogP contribution in [-0.4, -0.2) is 116 Å². The van der Waals surface area contributed by atoms with Crippen molar-refractivity contribution in [2.45, 2.75) is 88.1 Å². The minimum atomic E-state index is -0.0463. The summed E-state index contributed by atoms with van der Waals surface area (Å²) in [5.74, 6) is 4.38. The molecule has 0 bridgehead atoms. The minimum Gasteiger partial charge on any atom is -0.395 e. The van der Waals surface area contributed by atoms with E-state index in [9.17, 15) is 30.5 Å². The molecule has 5 aromatic rings. The first kappa shape index (κ1) is 44.7. The molecule has 4 unspecified atom stereocenters. The Morgan fingerprint density at radius 1 is 0.653 bits per heavy atom. The Balaban J connectivity index is 0.822. The standard InChI is InChI=1S/C56H57N13O3/c57-26-35-22-43(37-2-1-3-39-38(37)12-14-60-47(39)28-59)51(65-53(35)66-17-19-68(54(71)33-8-9-33)48(29-66)31-4-5-31)44-25-41(44)40-24-42(40)49-30-67(18-20-69(49)55(72)34-10-11-34)52-36(27-58)23-45(50(64-52)32-6-7-32)46-13-15-61-56(63-46)62-16-21-70/h1-3,12-15,22-23,31-34,40-42,44,48-49,70H,4-11,16-21,24-25,29-30H2,(H,61,62,63)/t40?,41?,42?,44?,48-,49-/m0/s1. The maximum absolute atomic E-state index is 14.2. The summed E-state index contributed by atoms with van der Waals surface area (Å²) < 4.78 is 0. The first-order chi connectivity index (χ1) is 35.3. The first-order valence-corrected chi connectivity index (χ1v) is 26.3. The fraction of sp³-hybridized carbons (Fsp3) is 0.500. The van der Waals surface area contributed by atoms with Crippen LogP contribution in [0.4, 0.5) is 17.6 Å². The van der Waals surface area contributed by atoms with Crippen LogP contribution in [0.5, 0.6) is 0 Å². The van der Waals surface area contributed by atoms with Crippen molar-refractivity contribution in [2.75, 3.05) is 67.5 Å². The Kier molecular flexibility index (Phi) is 11.1. The predicted molar refractivity (Wildman–Crippen MR) is 268 cm³/mol. The molecule has 6 aliphatic carbocycles. The number of aliphatic hydroxyl groups excluding tert-OH is 1. The number of pyridine rings is 3. The molecule has 6 saturated carbocycles. The van der Waals surface area contributed by atoms with Gasteiger partial charge in [-0.1, -0.05) is 18.2 Å². The highest BCUT2D eigenvalue weighted by Crippen LogP contribution is 2.64. The Labute approximate surface area is 418 Å². The molecular formula is C56H57N13O3. The summed E-state index contributed by atoms with van der Waals surface area (Å²) >= 11 is 0. The highest BCUT2D eigenvalue weighted by atomic mass is 16.3. The summed E-state index contributed by atoms with van der Waals surface area (Å²) in [6.07, 6.45) is 13.4. The number of aliphatic hydroxyl groups is 1. The van der Waals surface area contributed by atoms with Crippen LogP contribution in [-0.2, 0) is 9.59 Å². The molecule has 1 aromatic carbocycles. The van der Waals surface area contributed by atoms with Gasteiger partial charge < -0.3 is 30.0 Å². The molecule has 2 aliphatic heterocycles. The van der Waals surface area contributed by atoms with Gasteiger partial charge in [0.1, 0.15) is 35.5 Å². The van der Waals surface area contributed by atoms with Crippen molar-refractivity contribution < 1.29 is 14.7 Å². The van der Waals surface area contributed by atoms with E-state index < -0.39 is 0 Å². The van der Waals surface area contributed by atoms with Gasteiger partial charge in [-0.15, -0.1) is 0 Å². The second-order valence-corrected chi connectivity index (χ2v) is 21.7. The number of hydrogen-bond donors (Lipinski definition) is 2. The Morgan fingerprint density at radius 2 is 1.32 bits per heavy atom. The van der Waals surface area contributed by atoms with Crippen molar-refractivity contribution in [1.29, 1.82) is 15.8 Å². The number of aromatic nitrogens is 5. The number of anilines is 3. The van der Waals surface area contributed by atoms with Crippen LogP contribution in [0.3, 0.4) is 0 Å². The monoisotopic (exact) mass is 959 g/mol. The number of benzene rings is 1. The Morgan fingerprint density at radius 3 is 1.97 bits per heavy atom. The fourth-order valence-corrected chi connectivity index (χ4v) is 12.5. The van der Waals surface area contributed by atoms with E-state index in [1.807, 2.05) is 36.4 Å². The molecule has 2 saturated heterocycles. The van der Waals surface area contributed by atoms with Crippen molar-refractivity contribution in [3.05, 3.63) is 83.1 Å². The van der Waals surface area contributed by atoms with Gasteiger partial charge in [0.25, 0.3) is 0 Å². The number of nitrogens with one attached hydrogen (secondary N) is 1. The number of carbonyl (C=O) groups is 2. The molecule has 2 N–H and O–H groups in total. The zero-order chi connectivity index (χ0) is 48.8. The predicted octanol–water partition coefficient (Wildman–Crippen LogP) is 6.75. The number of fused-ring (bicyclic) bond motifs is 1. The lowest BCUT2D eigenvalue weighted by molar-refractivity contribution is -0.136. The fourth-order valence-electron chi connectivity index (χ4n) is 12.5. The van der Waals surface area contributed by atoms with Gasteiger partial charge in [0.05, 0.1) is 46.9 Å². The van der Waals surface area contributed by atoms with E-state index >= 15 is 0 Å². The topological polar surface area (TPSA) is 215 Å². The smallest absolute Gasteiger partial charge is 0.226 e. The molecule has 6 heterocycles. The van der Waals surface area contributed by atoms with Gasteiger partial charge in [-0.2, -0.15) is 15.8 Å². The van der Waals surface area contributed by atoms with E-state index in [-0.39, 0.29) is 54.2 Å². The first-order valence-electron chi connectivity index (χ1n) is 26.3. The summed E-state index contributed by atoms with van der Waals surface area (Å²) in [5, 5.41) is 45.8. The van der Waals surface area contributed by atoms with Gasteiger partial charge >= 0.3 is 0 Å². The maximum Gasteiger partial charge on any atom is 0.226 e. The normalized spacial score (nSPS) is 25.6.